The molecule has 9 nitrogen and oxygen atoms in total. The summed E-state index contributed by atoms with van der Waals surface area (Å²) in [6.07, 6.45) is 8.43. The van der Waals surface area contributed by atoms with Gasteiger partial charge in [0.05, 0.1) is 27.4 Å². The number of nitrogens with zero attached hydrogens (tertiary/aromatic N) is 1. The van der Waals surface area contributed by atoms with E-state index < -0.39 is 41.1 Å². The van der Waals surface area contributed by atoms with E-state index in [1.54, 1.807) is 14.2 Å². The van der Waals surface area contributed by atoms with Crippen LogP contribution in [0.5, 0.6) is 5.75 Å². The summed E-state index contributed by atoms with van der Waals surface area (Å²) in [5, 5.41) is 4.78. The molecule has 2 aromatic carbocycles. The van der Waals surface area contributed by atoms with E-state index in [1.807, 2.05) is 39.0 Å². The molecule has 2 heterocycles. The highest BCUT2D eigenvalue weighted by atomic mass is 16.5. The second kappa shape index (κ2) is 13.2. The van der Waals surface area contributed by atoms with Gasteiger partial charge in [0.15, 0.2) is 0 Å². The SMILES string of the molecule is COC(=O)[C@@H]1C[C@]2(OC)CN1C(=O)[C@H](C(C)(C)C)NC(=O)OCCCCCCC=Cc1cc3cc2ccc3cc1OC. The van der Waals surface area contributed by atoms with E-state index in [9.17, 15) is 14.4 Å². The molecule has 0 saturated carbocycles. The third-order valence-corrected chi connectivity index (χ3v) is 8.36. The molecule has 0 spiro atoms. The molecule has 228 valence electrons. The van der Waals surface area contributed by atoms with Crippen molar-refractivity contribution in [2.75, 3.05) is 34.5 Å². The van der Waals surface area contributed by atoms with Crippen LogP contribution in [0.15, 0.2) is 36.4 Å². The summed E-state index contributed by atoms with van der Waals surface area (Å²) in [6.45, 7) is 5.98. The molecule has 9 heteroatoms. The zero-order valence-corrected chi connectivity index (χ0v) is 25.7. The lowest BCUT2D eigenvalue weighted by atomic mass is 9.85. The zero-order chi connectivity index (χ0) is 30.5. The lowest BCUT2D eigenvalue weighted by Crippen LogP contribution is -2.57. The Kier molecular flexibility index (Phi) is 9.82. The van der Waals surface area contributed by atoms with E-state index in [1.165, 1.54) is 12.0 Å². The van der Waals surface area contributed by atoms with Gasteiger partial charge in [0.25, 0.3) is 0 Å². The van der Waals surface area contributed by atoms with Crippen LogP contribution >= 0.6 is 0 Å². The number of cyclic esters (lactones) is 1. The van der Waals surface area contributed by atoms with Gasteiger partial charge in [-0.3, -0.25) is 4.79 Å². The molecule has 0 radical (unpaired) electrons. The fraction of sp³-hybridized carbons (Fsp3) is 0.545. The smallest absolute Gasteiger partial charge is 0.407 e. The average Bonchev–Trinajstić information content (AvgIpc) is 3.38. The summed E-state index contributed by atoms with van der Waals surface area (Å²) in [6, 6.07) is 8.31. The minimum atomic E-state index is -0.972. The van der Waals surface area contributed by atoms with Crippen LogP contribution in [-0.2, 0) is 29.4 Å². The Balaban J connectivity index is 1.81. The van der Waals surface area contributed by atoms with Gasteiger partial charge in [-0.1, -0.05) is 57.9 Å². The predicted octanol–water partition coefficient (Wildman–Crippen LogP) is 5.58. The Labute approximate surface area is 248 Å². The van der Waals surface area contributed by atoms with Gasteiger partial charge in [-0.05, 0) is 59.2 Å². The number of fused-ring (bicyclic) bond motifs is 5. The van der Waals surface area contributed by atoms with Gasteiger partial charge in [-0.25, -0.2) is 9.59 Å². The lowest BCUT2D eigenvalue weighted by Gasteiger charge is -2.35. The number of carbonyl (C=O) groups is 3. The maximum absolute atomic E-state index is 14.2. The van der Waals surface area contributed by atoms with Crippen LogP contribution in [0.25, 0.3) is 16.8 Å². The van der Waals surface area contributed by atoms with Crippen molar-refractivity contribution in [3.05, 3.63) is 47.5 Å². The number of ether oxygens (including phenoxy) is 4. The molecule has 1 N–H and O–H groups in total. The first kappa shape index (κ1) is 31.3. The molecular formula is C33H44N2O7. The van der Waals surface area contributed by atoms with Gasteiger partial charge < -0.3 is 29.2 Å². The minimum absolute atomic E-state index is 0.111. The van der Waals surface area contributed by atoms with Crippen LogP contribution < -0.4 is 10.1 Å². The van der Waals surface area contributed by atoms with Gasteiger partial charge in [-0.2, -0.15) is 0 Å². The maximum Gasteiger partial charge on any atom is 0.407 e. The molecular weight excluding hydrogens is 536 g/mol. The normalized spacial score (nSPS) is 24.3. The summed E-state index contributed by atoms with van der Waals surface area (Å²) in [5.74, 6) is -0.139. The zero-order valence-electron chi connectivity index (χ0n) is 25.7. The molecule has 2 aromatic rings. The van der Waals surface area contributed by atoms with Crippen LogP contribution in [-0.4, -0.2) is 69.4 Å². The summed E-state index contributed by atoms with van der Waals surface area (Å²) >= 11 is 0. The molecule has 0 aliphatic carbocycles. The fourth-order valence-electron chi connectivity index (χ4n) is 5.88. The highest BCUT2D eigenvalue weighted by Gasteiger charge is 2.53. The molecule has 0 aromatic heterocycles. The first-order chi connectivity index (χ1) is 20.0. The minimum Gasteiger partial charge on any atom is -0.496 e. The van der Waals surface area contributed by atoms with E-state index in [4.69, 9.17) is 18.9 Å². The first-order valence-corrected chi connectivity index (χ1v) is 14.7. The molecule has 3 atom stereocenters. The second-order valence-corrected chi connectivity index (χ2v) is 12.2. The summed E-state index contributed by atoms with van der Waals surface area (Å²) in [5.41, 5.74) is 0.185. The van der Waals surface area contributed by atoms with Crippen LogP contribution in [0.2, 0.25) is 0 Å². The van der Waals surface area contributed by atoms with E-state index in [0.29, 0.717) is 0 Å². The molecule has 2 aliphatic rings. The third kappa shape index (κ3) is 6.72. The lowest BCUT2D eigenvalue weighted by molar-refractivity contribution is -0.152. The van der Waals surface area contributed by atoms with E-state index in [-0.39, 0.29) is 19.6 Å². The van der Waals surface area contributed by atoms with Gasteiger partial charge in [-0.15, -0.1) is 0 Å². The number of carbonyl (C=O) groups excluding carboxylic acids is 3. The highest BCUT2D eigenvalue weighted by molar-refractivity contribution is 5.92. The first-order valence-electron chi connectivity index (χ1n) is 14.7. The van der Waals surface area contributed by atoms with E-state index >= 15 is 0 Å². The molecule has 42 heavy (non-hydrogen) atoms. The Morgan fingerprint density at radius 3 is 2.48 bits per heavy atom. The highest BCUT2D eigenvalue weighted by Crippen LogP contribution is 2.42. The van der Waals surface area contributed by atoms with Crippen molar-refractivity contribution in [2.45, 2.75) is 77.0 Å². The van der Waals surface area contributed by atoms with Crippen molar-refractivity contribution in [1.82, 2.24) is 10.2 Å². The van der Waals surface area contributed by atoms with Crippen molar-refractivity contribution in [3.8, 4) is 5.75 Å². The predicted molar refractivity (Wildman–Crippen MR) is 161 cm³/mol. The summed E-state index contributed by atoms with van der Waals surface area (Å²) in [7, 11) is 4.57. The number of allylic oxidation sites excluding steroid dienone is 1. The third-order valence-electron chi connectivity index (χ3n) is 8.36. The molecule has 4 rings (SSSR count). The number of amides is 2. The molecule has 2 amide bonds. The fourth-order valence-corrected chi connectivity index (χ4v) is 5.88. The Morgan fingerprint density at radius 2 is 1.79 bits per heavy atom. The topological polar surface area (TPSA) is 103 Å². The maximum atomic E-state index is 14.2. The second-order valence-electron chi connectivity index (χ2n) is 12.2. The average molecular weight is 581 g/mol. The molecule has 1 fully saturated rings. The summed E-state index contributed by atoms with van der Waals surface area (Å²) < 4.78 is 22.4. The largest absolute Gasteiger partial charge is 0.496 e. The molecule has 5 bridgehead atoms. The van der Waals surface area contributed by atoms with Crippen LogP contribution in [0.1, 0.15) is 70.4 Å². The number of nitrogens with one attached hydrogen (secondary N) is 1. The monoisotopic (exact) mass is 580 g/mol. The van der Waals surface area contributed by atoms with E-state index in [0.717, 1.165) is 59.8 Å². The Bertz CT molecular complexity index is 1330. The van der Waals surface area contributed by atoms with Gasteiger partial charge in [0.1, 0.15) is 23.4 Å². The molecule has 1 saturated heterocycles. The van der Waals surface area contributed by atoms with Crippen molar-refractivity contribution in [1.29, 1.82) is 0 Å². The standard InChI is InChI=1S/C33H44N2O7/c1-32(2,3)28-29(36)35-21-33(41-6,20-26(35)30(37)40-5)25-15-14-22-19-27(39-4)23(17-24(22)18-25)13-11-9-7-8-10-12-16-42-31(38)34-28/h11,13-15,17-19,26,28H,7-10,12,16,20-21H2,1-6H3,(H,34,38)/t26-,28+,33-/m0/s1. The number of benzene rings is 2. The van der Waals surface area contributed by atoms with Gasteiger partial charge in [0.2, 0.25) is 5.91 Å². The van der Waals surface area contributed by atoms with Crippen LogP contribution in [0, 0.1) is 5.41 Å². The number of alkyl carbamates (subject to hydrolysis) is 1. The van der Waals surface area contributed by atoms with Crippen molar-refractivity contribution >= 4 is 34.8 Å². The molecule has 0 unspecified atom stereocenters. The number of hydrogen-bond donors (Lipinski definition) is 1. The number of hydrogen-bond acceptors (Lipinski definition) is 7. The molecule has 2 aliphatic heterocycles. The van der Waals surface area contributed by atoms with Crippen molar-refractivity contribution < 1.29 is 33.3 Å². The Hall–Kier alpha value is -3.59. The van der Waals surface area contributed by atoms with Crippen LogP contribution in [0.4, 0.5) is 4.79 Å². The number of methoxy groups -OCH3 is 3. The van der Waals surface area contributed by atoms with Crippen molar-refractivity contribution in [2.24, 2.45) is 5.41 Å². The van der Waals surface area contributed by atoms with E-state index in [2.05, 4.69) is 29.6 Å². The van der Waals surface area contributed by atoms with Crippen molar-refractivity contribution in [3.63, 3.8) is 0 Å². The number of esters is 1. The summed E-state index contributed by atoms with van der Waals surface area (Å²) in [4.78, 5) is 41.5. The van der Waals surface area contributed by atoms with Crippen LogP contribution in [0.3, 0.4) is 0 Å². The van der Waals surface area contributed by atoms with Gasteiger partial charge >= 0.3 is 12.1 Å². The van der Waals surface area contributed by atoms with Gasteiger partial charge in [0, 0.05) is 19.1 Å². The quantitative estimate of drug-likeness (QED) is 0.473. The Morgan fingerprint density at radius 1 is 1.02 bits per heavy atom. The number of rotatable bonds is 3.